The number of rotatable bonds is 7. The number of nitrogens with two attached hydrogens (primary N) is 1. The second-order valence-corrected chi connectivity index (χ2v) is 7.70. The van der Waals surface area contributed by atoms with Gasteiger partial charge in [0.25, 0.3) is 5.91 Å². The number of ether oxygens (including phenoxy) is 2. The molecule has 1 aliphatic rings. The second kappa shape index (κ2) is 9.32. The van der Waals surface area contributed by atoms with Gasteiger partial charge >= 0.3 is 0 Å². The van der Waals surface area contributed by atoms with Crippen LogP contribution >= 0.6 is 23.6 Å². The maximum atomic E-state index is 12.5. The van der Waals surface area contributed by atoms with Gasteiger partial charge < -0.3 is 20.5 Å². The van der Waals surface area contributed by atoms with E-state index in [0.29, 0.717) is 27.8 Å². The number of nitrogens with one attached hydrogen (secondary N) is 1. The monoisotopic (exact) mass is 408 g/mol. The van der Waals surface area contributed by atoms with Crippen LogP contribution in [0, 0.1) is 3.95 Å². The maximum absolute atomic E-state index is 12.5. The number of morpholine rings is 1. The van der Waals surface area contributed by atoms with Crippen LogP contribution in [0.15, 0.2) is 24.3 Å². The van der Waals surface area contributed by atoms with Crippen molar-refractivity contribution in [3.05, 3.63) is 33.1 Å². The summed E-state index contributed by atoms with van der Waals surface area (Å²) in [5.74, 6) is 0.947. The van der Waals surface area contributed by atoms with E-state index in [0.717, 1.165) is 44.3 Å². The van der Waals surface area contributed by atoms with Crippen LogP contribution in [0.1, 0.15) is 16.6 Å². The van der Waals surface area contributed by atoms with Gasteiger partial charge in [0, 0.05) is 31.9 Å². The molecule has 1 amide bonds. The number of hydrogen-bond donors (Lipinski definition) is 2. The zero-order valence-electron chi connectivity index (χ0n) is 15.3. The highest BCUT2D eigenvalue weighted by Gasteiger charge is 2.18. The van der Waals surface area contributed by atoms with Crippen LogP contribution in [0.5, 0.6) is 5.75 Å². The summed E-state index contributed by atoms with van der Waals surface area (Å²) < 4.78 is 13.0. The molecule has 1 aromatic heterocycles. The summed E-state index contributed by atoms with van der Waals surface area (Å²) in [4.78, 5) is 15.2. The summed E-state index contributed by atoms with van der Waals surface area (Å²) in [7, 11) is 0. The summed E-state index contributed by atoms with van der Waals surface area (Å²) in [6.45, 7) is 7.17. The molecule has 1 aromatic carbocycles. The minimum atomic E-state index is -0.193. The Kier molecular flexibility index (Phi) is 6.84. The Morgan fingerprint density at radius 3 is 2.70 bits per heavy atom. The van der Waals surface area contributed by atoms with Crippen molar-refractivity contribution in [2.45, 2.75) is 6.92 Å². The zero-order chi connectivity index (χ0) is 19.2. The van der Waals surface area contributed by atoms with Gasteiger partial charge in [0.2, 0.25) is 0 Å². The van der Waals surface area contributed by atoms with Crippen molar-refractivity contribution in [1.82, 2.24) is 14.8 Å². The number of nitrogen functional groups attached to an aromatic ring is 1. The van der Waals surface area contributed by atoms with E-state index in [2.05, 4.69) is 10.2 Å². The molecule has 1 aliphatic heterocycles. The van der Waals surface area contributed by atoms with Gasteiger partial charge in [-0.1, -0.05) is 11.3 Å². The number of thiazole rings is 1. The van der Waals surface area contributed by atoms with E-state index < -0.39 is 0 Å². The number of anilines is 1. The molecule has 0 atom stereocenters. The summed E-state index contributed by atoms with van der Waals surface area (Å²) in [5.41, 5.74) is 7.05. The number of amides is 1. The lowest BCUT2D eigenvalue weighted by atomic mass is 10.3. The molecule has 146 valence electrons. The van der Waals surface area contributed by atoms with Gasteiger partial charge in [-0.2, -0.15) is 0 Å². The highest BCUT2D eigenvalue weighted by molar-refractivity contribution is 7.73. The Labute approximate surface area is 167 Å². The number of aromatic nitrogens is 1. The van der Waals surface area contributed by atoms with E-state index in [1.807, 2.05) is 31.2 Å². The lowest BCUT2D eigenvalue weighted by Crippen LogP contribution is -2.41. The Hall–Kier alpha value is -1.94. The molecular weight excluding hydrogens is 384 g/mol. The molecule has 27 heavy (non-hydrogen) atoms. The number of hydrogen-bond acceptors (Lipinski definition) is 7. The molecule has 0 bridgehead atoms. The normalized spacial score (nSPS) is 14.9. The van der Waals surface area contributed by atoms with Gasteiger partial charge in [-0.05, 0) is 43.4 Å². The smallest absolute Gasteiger partial charge is 0.265 e. The Bertz CT molecular complexity index is 826. The summed E-state index contributed by atoms with van der Waals surface area (Å²) >= 11 is 6.65. The molecule has 9 heteroatoms. The van der Waals surface area contributed by atoms with Crippen molar-refractivity contribution >= 4 is 35.3 Å². The highest BCUT2D eigenvalue weighted by atomic mass is 32.1. The zero-order valence-corrected chi connectivity index (χ0v) is 16.9. The second-order valence-electron chi connectivity index (χ2n) is 6.05. The van der Waals surface area contributed by atoms with Gasteiger partial charge in [0.15, 0.2) is 3.95 Å². The molecule has 0 radical (unpaired) electrons. The number of carbonyl (C=O) groups is 1. The van der Waals surface area contributed by atoms with E-state index in [-0.39, 0.29) is 5.91 Å². The predicted molar refractivity (Wildman–Crippen MR) is 110 cm³/mol. The fourth-order valence-electron chi connectivity index (χ4n) is 2.88. The molecule has 3 N–H and O–H groups in total. The highest BCUT2D eigenvalue weighted by Crippen LogP contribution is 2.27. The molecule has 0 saturated carbocycles. The predicted octanol–water partition coefficient (Wildman–Crippen LogP) is 2.31. The van der Waals surface area contributed by atoms with Crippen LogP contribution in [0.3, 0.4) is 0 Å². The van der Waals surface area contributed by atoms with E-state index in [1.165, 1.54) is 11.3 Å². The molecule has 3 rings (SSSR count). The minimum Gasteiger partial charge on any atom is -0.494 e. The van der Waals surface area contributed by atoms with Gasteiger partial charge in [-0.3, -0.25) is 14.3 Å². The fourth-order valence-corrected chi connectivity index (χ4v) is 4.17. The molecule has 0 spiro atoms. The summed E-state index contributed by atoms with van der Waals surface area (Å²) in [6.07, 6.45) is 0. The first-order chi connectivity index (χ1) is 13.1. The molecule has 7 nitrogen and oxygen atoms in total. The quantitative estimate of drug-likeness (QED) is 0.685. The average Bonchev–Trinajstić information content (AvgIpc) is 2.98. The number of carbonyl (C=O) groups excluding carboxylic acids is 1. The molecular formula is C18H24N4O3S2. The van der Waals surface area contributed by atoms with Crippen molar-refractivity contribution in [3.63, 3.8) is 0 Å². The Balaban J connectivity index is 1.67. The van der Waals surface area contributed by atoms with Crippen LogP contribution < -0.4 is 15.8 Å². The third-order valence-electron chi connectivity index (χ3n) is 4.27. The van der Waals surface area contributed by atoms with E-state index in [9.17, 15) is 4.79 Å². The molecule has 2 heterocycles. The van der Waals surface area contributed by atoms with Crippen molar-refractivity contribution < 1.29 is 14.3 Å². The molecule has 1 saturated heterocycles. The fraction of sp³-hybridized carbons (Fsp3) is 0.444. The van der Waals surface area contributed by atoms with E-state index in [1.54, 1.807) is 4.57 Å². The van der Waals surface area contributed by atoms with Gasteiger partial charge in [-0.15, -0.1) is 0 Å². The average molecular weight is 409 g/mol. The lowest BCUT2D eigenvalue weighted by Gasteiger charge is -2.26. The number of benzene rings is 1. The minimum absolute atomic E-state index is 0.193. The van der Waals surface area contributed by atoms with Crippen molar-refractivity contribution in [1.29, 1.82) is 0 Å². The SMILES string of the molecule is CCOc1ccc(-n2c(N)c(C(=O)NCCN3CCOCC3)sc2=S)cc1. The maximum Gasteiger partial charge on any atom is 0.265 e. The van der Waals surface area contributed by atoms with E-state index in [4.69, 9.17) is 27.4 Å². The van der Waals surface area contributed by atoms with Gasteiger partial charge in [0.05, 0.1) is 19.8 Å². The van der Waals surface area contributed by atoms with Gasteiger partial charge in [-0.25, -0.2) is 0 Å². The van der Waals surface area contributed by atoms with Crippen LogP contribution in [-0.2, 0) is 4.74 Å². The van der Waals surface area contributed by atoms with Crippen LogP contribution in [0.2, 0.25) is 0 Å². The first-order valence-electron chi connectivity index (χ1n) is 8.93. The largest absolute Gasteiger partial charge is 0.494 e. The Morgan fingerprint density at radius 1 is 1.33 bits per heavy atom. The molecule has 0 unspecified atom stereocenters. The van der Waals surface area contributed by atoms with Crippen LogP contribution in [0.4, 0.5) is 5.82 Å². The summed E-state index contributed by atoms with van der Waals surface area (Å²) in [5, 5.41) is 2.93. The lowest BCUT2D eigenvalue weighted by molar-refractivity contribution is 0.0383. The molecule has 1 fully saturated rings. The topological polar surface area (TPSA) is 81.8 Å². The third kappa shape index (κ3) is 4.86. The standard InChI is InChI=1S/C18H24N4O3S2/c1-2-25-14-5-3-13(4-6-14)22-16(19)15(27-18(22)26)17(23)20-7-8-21-9-11-24-12-10-21/h3-6H,2,7-12,19H2,1H3,(H,20,23). The number of nitrogens with zero attached hydrogens (tertiary/aromatic N) is 2. The van der Waals surface area contributed by atoms with Crippen molar-refractivity contribution in [3.8, 4) is 11.4 Å². The van der Waals surface area contributed by atoms with Crippen LogP contribution in [0.25, 0.3) is 5.69 Å². The van der Waals surface area contributed by atoms with Crippen molar-refractivity contribution in [2.75, 3.05) is 51.7 Å². The third-order valence-corrected chi connectivity index (χ3v) is 5.66. The molecule has 0 aliphatic carbocycles. The van der Waals surface area contributed by atoms with Crippen molar-refractivity contribution in [2.24, 2.45) is 0 Å². The van der Waals surface area contributed by atoms with Gasteiger partial charge in [0.1, 0.15) is 16.4 Å². The Morgan fingerprint density at radius 2 is 2.04 bits per heavy atom. The first kappa shape index (κ1) is 19.8. The van der Waals surface area contributed by atoms with E-state index >= 15 is 0 Å². The molecule has 2 aromatic rings. The summed E-state index contributed by atoms with van der Waals surface area (Å²) in [6, 6.07) is 7.48. The first-order valence-corrected chi connectivity index (χ1v) is 10.2. The van der Waals surface area contributed by atoms with Crippen LogP contribution in [-0.4, -0.2) is 61.4 Å².